The zero-order valence-electron chi connectivity index (χ0n) is 7.49. The van der Waals surface area contributed by atoms with Crippen molar-refractivity contribution in [2.24, 2.45) is 0 Å². The predicted octanol–water partition coefficient (Wildman–Crippen LogP) is 2.88. The van der Waals surface area contributed by atoms with E-state index in [1.165, 1.54) is 0 Å². The summed E-state index contributed by atoms with van der Waals surface area (Å²) in [7, 11) is 0. The van der Waals surface area contributed by atoms with Crippen LogP contribution in [0.1, 0.15) is 5.89 Å². The van der Waals surface area contributed by atoms with Crippen molar-refractivity contribution in [3.8, 4) is 0 Å². The Kier molecular flexibility index (Phi) is 2.49. The van der Waals surface area contributed by atoms with Crippen LogP contribution in [0.5, 0.6) is 0 Å². The van der Waals surface area contributed by atoms with Gasteiger partial charge in [-0.3, -0.25) is 0 Å². The molecule has 1 N–H and O–H groups in total. The molecule has 0 amide bonds. The van der Waals surface area contributed by atoms with Gasteiger partial charge in [0.2, 0.25) is 5.89 Å². The number of anilines is 2. The average molecular weight is 254 g/mol. The lowest BCUT2D eigenvalue weighted by molar-refractivity contribution is 0.535. The second kappa shape index (κ2) is 3.79. The first-order valence-electron chi connectivity index (χ1n) is 4.07. The normalized spacial score (nSPS) is 10.1. The highest BCUT2D eigenvalue weighted by Gasteiger charge is 2.01. The van der Waals surface area contributed by atoms with Crippen molar-refractivity contribution in [1.29, 1.82) is 0 Å². The molecular weight excluding hydrogens is 246 g/mol. The molecule has 14 heavy (non-hydrogen) atoms. The number of benzene rings is 1. The molecular formula is C9H8BrN3O. The van der Waals surface area contributed by atoms with Gasteiger partial charge in [-0.25, -0.2) is 0 Å². The Morgan fingerprint density at radius 1 is 1.36 bits per heavy atom. The van der Waals surface area contributed by atoms with E-state index in [0.29, 0.717) is 11.9 Å². The van der Waals surface area contributed by atoms with Crippen LogP contribution in [-0.2, 0) is 0 Å². The Bertz CT molecular complexity index is 441. The van der Waals surface area contributed by atoms with Crippen molar-refractivity contribution >= 4 is 27.6 Å². The summed E-state index contributed by atoms with van der Waals surface area (Å²) in [5.41, 5.74) is 0.906. The first-order valence-corrected chi connectivity index (χ1v) is 4.86. The summed E-state index contributed by atoms with van der Waals surface area (Å²) < 4.78 is 6.18. The summed E-state index contributed by atoms with van der Waals surface area (Å²) in [5, 5.41) is 10.5. The van der Waals surface area contributed by atoms with Gasteiger partial charge < -0.3 is 9.73 Å². The largest absolute Gasteiger partial charge is 0.408 e. The van der Waals surface area contributed by atoms with E-state index in [9.17, 15) is 0 Å². The summed E-state index contributed by atoms with van der Waals surface area (Å²) in [6, 6.07) is 8.13. The van der Waals surface area contributed by atoms with Gasteiger partial charge in [-0.2, -0.15) is 0 Å². The molecule has 0 bridgehead atoms. The van der Waals surface area contributed by atoms with Crippen molar-refractivity contribution in [1.82, 2.24) is 10.2 Å². The van der Waals surface area contributed by atoms with Crippen molar-refractivity contribution in [2.45, 2.75) is 6.92 Å². The van der Waals surface area contributed by atoms with Crippen molar-refractivity contribution in [3.05, 3.63) is 34.6 Å². The lowest BCUT2D eigenvalue weighted by Gasteiger charge is -2.00. The van der Waals surface area contributed by atoms with Crippen LogP contribution in [-0.4, -0.2) is 10.2 Å². The molecule has 0 radical (unpaired) electrons. The molecule has 0 unspecified atom stereocenters. The molecule has 0 saturated carbocycles. The molecule has 72 valence electrons. The Morgan fingerprint density at radius 3 is 2.86 bits per heavy atom. The standard InChI is InChI=1S/C9H8BrN3O/c1-6-12-13-9(14-6)11-8-4-2-3-7(10)5-8/h2-5H,1H3,(H,11,13). The molecule has 0 spiro atoms. The van der Waals surface area contributed by atoms with Crippen molar-refractivity contribution in [2.75, 3.05) is 5.32 Å². The molecule has 5 heteroatoms. The van der Waals surface area contributed by atoms with Crippen LogP contribution in [0.3, 0.4) is 0 Å². The van der Waals surface area contributed by atoms with Crippen LogP contribution in [0.15, 0.2) is 33.2 Å². The van der Waals surface area contributed by atoms with E-state index in [4.69, 9.17) is 4.42 Å². The fourth-order valence-corrected chi connectivity index (χ4v) is 1.44. The third-order valence-corrected chi connectivity index (χ3v) is 2.10. The van der Waals surface area contributed by atoms with Crippen LogP contribution in [0.4, 0.5) is 11.7 Å². The first-order chi connectivity index (χ1) is 6.74. The topological polar surface area (TPSA) is 51.0 Å². The monoisotopic (exact) mass is 253 g/mol. The van der Waals surface area contributed by atoms with E-state index in [-0.39, 0.29) is 0 Å². The van der Waals surface area contributed by atoms with Gasteiger partial charge in [0, 0.05) is 17.1 Å². The second-order valence-electron chi connectivity index (χ2n) is 2.76. The van der Waals surface area contributed by atoms with Gasteiger partial charge in [0.25, 0.3) is 0 Å². The molecule has 0 saturated heterocycles. The fraction of sp³-hybridized carbons (Fsp3) is 0.111. The molecule has 0 fully saturated rings. The maximum absolute atomic E-state index is 5.18. The first kappa shape index (κ1) is 9.21. The number of rotatable bonds is 2. The van der Waals surface area contributed by atoms with Crippen LogP contribution >= 0.6 is 15.9 Å². The predicted molar refractivity (Wildman–Crippen MR) is 56.5 cm³/mol. The Labute approximate surface area is 89.5 Å². The van der Waals surface area contributed by atoms with Gasteiger partial charge in [-0.15, -0.1) is 5.10 Å². The fourth-order valence-electron chi connectivity index (χ4n) is 1.04. The van der Waals surface area contributed by atoms with E-state index in [0.717, 1.165) is 10.2 Å². The van der Waals surface area contributed by atoms with Gasteiger partial charge in [0.1, 0.15) is 0 Å². The lowest BCUT2D eigenvalue weighted by Crippen LogP contribution is -1.89. The number of nitrogens with one attached hydrogen (secondary N) is 1. The van der Waals surface area contributed by atoms with Gasteiger partial charge in [-0.1, -0.05) is 27.1 Å². The number of aromatic nitrogens is 2. The Balaban J connectivity index is 2.18. The maximum Gasteiger partial charge on any atom is 0.320 e. The molecule has 0 atom stereocenters. The number of hydrogen-bond donors (Lipinski definition) is 1. The Morgan fingerprint density at radius 2 is 2.21 bits per heavy atom. The minimum absolute atomic E-state index is 0.403. The zero-order chi connectivity index (χ0) is 9.97. The summed E-state index contributed by atoms with van der Waals surface area (Å²) in [4.78, 5) is 0. The third-order valence-electron chi connectivity index (χ3n) is 1.60. The van der Waals surface area contributed by atoms with Crippen LogP contribution in [0.2, 0.25) is 0 Å². The zero-order valence-corrected chi connectivity index (χ0v) is 9.08. The number of aryl methyl sites for hydroxylation is 1. The quantitative estimate of drug-likeness (QED) is 0.895. The van der Waals surface area contributed by atoms with E-state index in [1.807, 2.05) is 24.3 Å². The molecule has 2 rings (SSSR count). The molecule has 0 aliphatic rings. The van der Waals surface area contributed by atoms with Crippen molar-refractivity contribution in [3.63, 3.8) is 0 Å². The second-order valence-corrected chi connectivity index (χ2v) is 3.68. The summed E-state index contributed by atoms with van der Waals surface area (Å²) in [6.07, 6.45) is 0. The minimum atomic E-state index is 0.403. The highest BCUT2D eigenvalue weighted by Crippen LogP contribution is 2.19. The van der Waals surface area contributed by atoms with E-state index < -0.39 is 0 Å². The molecule has 1 aromatic heterocycles. The molecule has 1 aromatic carbocycles. The highest BCUT2D eigenvalue weighted by atomic mass is 79.9. The van der Waals surface area contributed by atoms with Gasteiger partial charge >= 0.3 is 6.01 Å². The number of hydrogen-bond acceptors (Lipinski definition) is 4. The number of halogens is 1. The maximum atomic E-state index is 5.18. The Hall–Kier alpha value is -1.36. The van der Waals surface area contributed by atoms with Crippen LogP contribution < -0.4 is 5.32 Å². The minimum Gasteiger partial charge on any atom is -0.408 e. The van der Waals surface area contributed by atoms with E-state index >= 15 is 0 Å². The molecule has 1 heterocycles. The molecule has 0 aliphatic carbocycles. The number of nitrogens with zero attached hydrogens (tertiary/aromatic N) is 2. The SMILES string of the molecule is Cc1nnc(Nc2cccc(Br)c2)o1. The van der Waals surface area contributed by atoms with Crippen molar-refractivity contribution < 1.29 is 4.42 Å². The molecule has 2 aromatic rings. The van der Waals surface area contributed by atoms with E-state index in [1.54, 1.807) is 6.92 Å². The van der Waals surface area contributed by atoms with Crippen LogP contribution in [0, 0.1) is 6.92 Å². The van der Waals surface area contributed by atoms with Gasteiger partial charge in [-0.05, 0) is 18.2 Å². The lowest BCUT2D eigenvalue weighted by atomic mass is 10.3. The highest BCUT2D eigenvalue weighted by molar-refractivity contribution is 9.10. The smallest absolute Gasteiger partial charge is 0.320 e. The average Bonchev–Trinajstić information content (AvgIpc) is 2.51. The van der Waals surface area contributed by atoms with Gasteiger partial charge in [0.15, 0.2) is 0 Å². The molecule has 0 aliphatic heterocycles. The van der Waals surface area contributed by atoms with Crippen LogP contribution in [0.25, 0.3) is 0 Å². The summed E-state index contributed by atoms with van der Waals surface area (Å²) in [6.45, 7) is 1.75. The van der Waals surface area contributed by atoms with Gasteiger partial charge in [0.05, 0.1) is 0 Å². The summed E-state index contributed by atoms with van der Waals surface area (Å²) >= 11 is 3.37. The third kappa shape index (κ3) is 2.11. The summed E-state index contributed by atoms with van der Waals surface area (Å²) in [5.74, 6) is 0.544. The molecule has 4 nitrogen and oxygen atoms in total. The van der Waals surface area contributed by atoms with E-state index in [2.05, 4.69) is 31.4 Å².